The van der Waals surface area contributed by atoms with E-state index in [1.54, 1.807) is 17.4 Å². The first-order chi connectivity index (χ1) is 17.2. The minimum absolute atomic E-state index is 0.0256. The van der Waals surface area contributed by atoms with E-state index < -0.39 is 0 Å². The molecule has 1 fully saturated rings. The van der Waals surface area contributed by atoms with Gasteiger partial charge in [-0.3, -0.25) is 9.59 Å². The number of amides is 1. The molecular weight excluding hydrogens is 460 g/mol. The molecule has 0 aliphatic carbocycles. The van der Waals surface area contributed by atoms with Crippen LogP contribution < -0.4 is 15.8 Å². The van der Waals surface area contributed by atoms with E-state index in [1.165, 1.54) is 10.7 Å². The summed E-state index contributed by atoms with van der Waals surface area (Å²) < 4.78 is 1.41. The van der Waals surface area contributed by atoms with Crippen LogP contribution in [0.25, 0.3) is 21.8 Å². The normalized spacial score (nSPS) is 14.1. The van der Waals surface area contributed by atoms with Crippen LogP contribution >= 0.6 is 11.3 Å². The summed E-state index contributed by atoms with van der Waals surface area (Å²) >= 11 is 1.58. The Kier molecular flexibility index (Phi) is 6.94. The van der Waals surface area contributed by atoms with Gasteiger partial charge in [-0.2, -0.15) is 5.10 Å². The van der Waals surface area contributed by atoms with Crippen LogP contribution in [0.3, 0.4) is 0 Å². The van der Waals surface area contributed by atoms with Crippen molar-refractivity contribution in [3.8, 4) is 21.8 Å². The van der Waals surface area contributed by atoms with E-state index in [1.807, 2.05) is 60.0 Å². The fourth-order valence-corrected chi connectivity index (χ4v) is 4.91. The molecule has 1 amide bonds. The van der Waals surface area contributed by atoms with Gasteiger partial charge >= 0.3 is 0 Å². The molecule has 1 aliphatic heterocycles. The average molecular weight is 487 g/mol. The second-order valence-electron chi connectivity index (χ2n) is 8.45. The molecule has 178 valence electrons. The Hall–Kier alpha value is -3.85. The van der Waals surface area contributed by atoms with Gasteiger partial charge in [0.1, 0.15) is 5.69 Å². The van der Waals surface area contributed by atoms with Gasteiger partial charge in [-0.1, -0.05) is 36.4 Å². The lowest BCUT2D eigenvalue weighted by Crippen LogP contribution is -2.42. The molecule has 8 nitrogen and oxygen atoms in total. The number of nitrogens with zero attached hydrogens (tertiary/aromatic N) is 5. The molecule has 4 heterocycles. The van der Waals surface area contributed by atoms with Gasteiger partial charge in [0, 0.05) is 37.2 Å². The molecule has 0 unspecified atom stereocenters. The summed E-state index contributed by atoms with van der Waals surface area (Å²) in [5, 5.41) is 18.2. The number of piperidine rings is 1. The number of aromatic nitrogens is 4. The minimum Gasteiger partial charge on any atom is -0.355 e. The van der Waals surface area contributed by atoms with Crippen molar-refractivity contribution in [1.29, 1.82) is 0 Å². The Morgan fingerprint density at radius 2 is 1.74 bits per heavy atom. The van der Waals surface area contributed by atoms with Crippen molar-refractivity contribution in [1.82, 2.24) is 25.3 Å². The first kappa shape index (κ1) is 22.9. The number of carbonyl (C=O) groups excluding carboxylic acids is 1. The standard InChI is InChI=1S/C26H26N6O2S/c33-25-11-9-22(23-7-4-18-35-23)30-32(25)17-14-27-26(34)20-12-15-31(16-13-20)24-10-8-21(28-29-24)19-5-2-1-3-6-19/h1-11,18,20H,12-17H2,(H,27,34). The summed E-state index contributed by atoms with van der Waals surface area (Å²) in [6.07, 6.45) is 1.50. The third kappa shape index (κ3) is 5.46. The predicted octanol–water partition coefficient (Wildman–Crippen LogP) is 3.46. The van der Waals surface area contributed by atoms with Gasteiger partial charge in [-0.05, 0) is 42.5 Å². The first-order valence-electron chi connectivity index (χ1n) is 11.7. The zero-order chi connectivity index (χ0) is 24.0. The van der Waals surface area contributed by atoms with Crippen molar-refractivity contribution in [2.75, 3.05) is 24.5 Å². The maximum absolute atomic E-state index is 12.7. The van der Waals surface area contributed by atoms with Crippen molar-refractivity contribution < 1.29 is 4.79 Å². The van der Waals surface area contributed by atoms with Crippen LogP contribution in [0, 0.1) is 5.92 Å². The van der Waals surface area contributed by atoms with Crippen molar-refractivity contribution in [3.63, 3.8) is 0 Å². The smallest absolute Gasteiger partial charge is 0.266 e. The van der Waals surface area contributed by atoms with E-state index in [4.69, 9.17) is 0 Å². The molecule has 0 atom stereocenters. The third-order valence-corrected chi connectivity index (χ3v) is 7.07. The number of rotatable bonds is 7. The lowest BCUT2D eigenvalue weighted by atomic mass is 9.96. The fraction of sp³-hybridized carbons (Fsp3) is 0.269. The molecule has 4 aromatic rings. The van der Waals surface area contributed by atoms with E-state index in [0.29, 0.717) is 13.1 Å². The maximum atomic E-state index is 12.7. The zero-order valence-corrected chi connectivity index (χ0v) is 20.0. The maximum Gasteiger partial charge on any atom is 0.266 e. The highest BCUT2D eigenvalue weighted by molar-refractivity contribution is 7.13. The molecule has 1 N–H and O–H groups in total. The van der Waals surface area contributed by atoms with Crippen LogP contribution in [-0.2, 0) is 11.3 Å². The highest BCUT2D eigenvalue weighted by Gasteiger charge is 2.25. The summed E-state index contributed by atoms with van der Waals surface area (Å²) in [5.41, 5.74) is 2.47. The van der Waals surface area contributed by atoms with Gasteiger partial charge in [0.25, 0.3) is 5.56 Å². The quantitative estimate of drug-likeness (QED) is 0.430. The van der Waals surface area contributed by atoms with Crippen LogP contribution in [0.2, 0.25) is 0 Å². The highest BCUT2D eigenvalue weighted by atomic mass is 32.1. The Labute approximate surface area is 207 Å². The van der Waals surface area contributed by atoms with E-state index in [9.17, 15) is 9.59 Å². The van der Waals surface area contributed by atoms with Gasteiger partial charge in [0.15, 0.2) is 5.82 Å². The van der Waals surface area contributed by atoms with Crippen molar-refractivity contribution in [3.05, 3.63) is 82.5 Å². The van der Waals surface area contributed by atoms with Crippen molar-refractivity contribution in [2.45, 2.75) is 19.4 Å². The third-order valence-electron chi connectivity index (χ3n) is 6.17. The Bertz CT molecular complexity index is 1310. The number of thiophene rings is 1. The number of hydrogen-bond acceptors (Lipinski definition) is 7. The number of anilines is 1. The van der Waals surface area contributed by atoms with E-state index in [2.05, 4.69) is 25.5 Å². The second kappa shape index (κ2) is 10.6. The lowest BCUT2D eigenvalue weighted by Gasteiger charge is -2.31. The van der Waals surface area contributed by atoms with Crippen LogP contribution in [0.5, 0.6) is 0 Å². The summed E-state index contributed by atoms with van der Waals surface area (Å²) in [6, 6.07) is 21.1. The average Bonchev–Trinajstić information content (AvgIpc) is 3.46. The van der Waals surface area contributed by atoms with Crippen LogP contribution in [-0.4, -0.2) is 45.5 Å². The Balaban J connectivity index is 1.11. The molecule has 9 heteroatoms. The Morgan fingerprint density at radius 1 is 0.943 bits per heavy atom. The molecule has 0 bridgehead atoms. The van der Waals surface area contributed by atoms with E-state index >= 15 is 0 Å². The lowest BCUT2D eigenvalue weighted by molar-refractivity contribution is -0.125. The monoisotopic (exact) mass is 486 g/mol. The Morgan fingerprint density at radius 3 is 2.46 bits per heavy atom. The first-order valence-corrected chi connectivity index (χ1v) is 12.6. The molecule has 1 saturated heterocycles. The molecular formula is C26H26N6O2S. The molecule has 5 rings (SSSR count). The molecule has 1 aromatic carbocycles. The van der Waals surface area contributed by atoms with Gasteiger partial charge in [0.2, 0.25) is 5.91 Å². The van der Waals surface area contributed by atoms with Crippen LogP contribution in [0.15, 0.2) is 76.9 Å². The second-order valence-corrected chi connectivity index (χ2v) is 9.40. The van der Waals surface area contributed by atoms with E-state index in [0.717, 1.165) is 53.6 Å². The van der Waals surface area contributed by atoms with Gasteiger partial charge in [0.05, 0.1) is 17.1 Å². The molecule has 35 heavy (non-hydrogen) atoms. The SMILES string of the molecule is O=C(NCCn1nc(-c2cccs2)ccc1=O)C1CCN(c2ccc(-c3ccccc3)nn2)CC1. The zero-order valence-electron chi connectivity index (χ0n) is 19.2. The highest BCUT2D eigenvalue weighted by Crippen LogP contribution is 2.24. The summed E-state index contributed by atoms with van der Waals surface area (Å²) in [5.74, 6) is 0.808. The number of hydrogen-bond donors (Lipinski definition) is 1. The predicted molar refractivity (Wildman–Crippen MR) is 137 cm³/mol. The number of nitrogens with one attached hydrogen (secondary N) is 1. The number of carbonyl (C=O) groups is 1. The summed E-state index contributed by atoms with van der Waals surface area (Å²) in [7, 11) is 0. The summed E-state index contributed by atoms with van der Waals surface area (Å²) in [6.45, 7) is 2.21. The van der Waals surface area contributed by atoms with E-state index in [-0.39, 0.29) is 17.4 Å². The fourth-order valence-electron chi connectivity index (χ4n) is 4.22. The van der Waals surface area contributed by atoms with Gasteiger partial charge < -0.3 is 10.2 Å². The van der Waals surface area contributed by atoms with Gasteiger partial charge in [-0.25, -0.2) is 4.68 Å². The van der Waals surface area contributed by atoms with Crippen molar-refractivity contribution in [2.24, 2.45) is 5.92 Å². The molecule has 3 aromatic heterocycles. The molecule has 0 spiro atoms. The minimum atomic E-state index is -0.174. The van der Waals surface area contributed by atoms with Crippen LogP contribution in [0.1, 0.15) is 12.8 Å². The number of benzene rings is 1. The molecule has 0 saturated carbocycles. The summed E-state index contributed by atoms with van der Waals surface area (Å²) in [4.78, 5) is 28.1. The van der Waals surface area contributed by atoms with Crippen LogP contribution in [0.4, 0.5) is 5.82 Å². The largest absolute Gasteiger partial charge is 0.355 e. The molecule has 0 radical (unpaired) electrons. The van der Waals surface area contributed by atoms with Gasteiger partial charge in [-0.15, -0.1) is 21.5 Å². The van der Waals surface area contributed by atoms with Crippen molar-refractivity contribution >= 4 is 23.1 Å². The molecule has 1 aliphatic rings. The topological polar surface area (TPSA) is 93.0 Å².